The molecule has 0 spiro atoms. The molecule has 0 aliphatic carbocycles. The van der Waals surface area contributed by atoms with E-state index in [-0.39, 0.29) is 17.9 Å². The van der Waals surface area contributed by atoms with Gasteiger partial charge in [-0.15, -0.1) is 10.2 Å². The quantitative estimate of drug-likeness (QED) is 0.578. The van der Waals surface area contributed by atoms with Crippen molar-refractivity contribution in [3.05, 3.63) is 69.2 Å². The number of anilines is 2. The number of hydrogen-bond acceptors (Lipinski definition) is 5. The predicted octanol–water partition coefficient (Wildman–Crippen LogP) is 5.13. The van der Waals surface area contributed by atoms with E-state index in [2.05, 4.69) is 26.9 Å². The van der Waals surface area contributed by atoms with Crippen molar-refractivity contribution in [2.45, 2.75) is 39.5 Å². The molecule has 8 heteroatoms. The van der Waals surface area contributed by atoms with Crippen LogP contribution in [0.5, 0.6) is 0 Å². The molecule has 0 radical (unpaired) electrons. The molecule has 0 saturated carbocycles. The van der Waals surface area contributed by atoms with Gasteiger partial charge in [0, 0.05) is 30.4 Å². The van der Waals surface area contributed by atoms with E-state index in [9.17, 15) is 9.59 Å². The first-order chi connectivity index (χ1) is 15.4. The van der Waals surface area contributed by atoms with Crippen molar-refractivity contribution in [2.75, 3.05) is 23.7 Å². The van der Waals surface area contributed by atoms with Gasteiger partial charge >= 0.3 is 6.03 Å². The summed E-state index contributed by atoms with van der Waals surface area (Å²) in [5, 5.41) is 15.4. The van der Waals surface area contributed by atoms with Crippen molar-refractivity contribution < 1.29 is 9.59 Å². The van der Waals surface area contributed by atoms with E-state index in [1.807, 2.05) is 62.1 Å². The monoisotopic (exact) mass is 449 g/mol. The van der Waals surface area contributed by atoms with Crippen LogP contribution in [0.3, 0.4) is 0 Å². The fraction of sp³-hybridized carbons (Fsp3) is 0.333. The molecule has 1 aliphatic rings. The van der Waals surface area contributed by atoms with Crippen LogP contribution in [-0.4, -0.2) is 40.1 Å². The average Bonchev–Trinajstić information content (AvgIpc) is 3.28. The molecule has 0 unspecified atom stereocenters. The molecule has 1 aromatic heterocycles. The summed E-state index contributed by atoms with van der Waals surface area (Å²) in [4.78, 5) is 27.3. The van der Waals surface area contributed by atoms with Gasteiger partial charge in [-0.1, -0.05) is 47.2 Å². The minimum absolute atomic E-state index is 0.0751. The van der Waals surface area contributed by atoms with Crippen molar-refractivity contribution in [1.29, 1.82) is 0 Å². The van der Waals surface area contributed by atoms with Crippen LogP contribution in [0.15, 0.2) is 42.5 Å². The molecule has 32 heavy (non-hydrogen) atoms. The van der Waals surface area contributed by atoms with Crippen LogP contribution in [-0.2, 0) is 0 Å². The van der Waals surface area contributed by atoms with Crippen molar-refractivity contribution in [3.8, 4) is 0 Å². The number of amides is 3. The van der Waals surface area contributed by atoms with Crippen molar-refractivity contribution in [2.24, 2.45) is 0 Å². The highest BCUT2D eigenvalue weighted by molar-refractivity contribution is 7.13. The lowest BCUT2D eigenvalue weighted by Gasteiger charge is -2.31. The van der Waals surface area contributed by atoms with Gasteiger partial charge in [0.05, 0.1) is 0 Å². The summed E-state index contributed by atoms with van der Waals surface area (Å²) >= 11 is 1.30. The lowest BCUT2D eigenvalue weighted by molar-refractivity contribution is 0.102. The van der Waals surface area contributed by atoms with E-state index in [4.69, 9.17) is 0 Å². The second-order valence-corrected chi connectivity index (χ2v) is 9.26. The Hall–Kier alpha value is -3.26. The highest BCUT2D eigenvalue weighted by atomic mass is 32.1. The lowest BCUT2D eigenvalue weighted by Crippen LogP contribution is -2.41. The molecule has 1 atom stereocenters. The highest BCUT2D eigenvalue weighted by Gasteiger charge is 2.28. The Labute approximate surface area is 191 Å². The Morgan fingerprint density at radius 2 is 1.78 bits per heavy atom. The van der Waals surface area contributed by atoms with Gasteiger partial charge in [0.15, 0.2) is 0 Å². The molecule has 3 aromatic rings. The van der Waals surface area contributed by atoms with Gasteiger partial charge < -0.3 is 15.5 Å². The molecule has 1 saturated heterocycles. The topological polar surface area (TPSA) is 87.2 Å². The maximum Gasteiger partial charge on any atom is 0.321 e. The van der Waals surface area contributed by atoms with Gasteiger partial charge in [-0.05, 0) is 56.9 Å². The molecule has 1 fully saturated rings. The third-order valence-electron chi connectivity index (χ3n) is 5.71. The smallest absolute Gasteiger partial charge is 0.321 e. The molecule has 3 amide bonds. The third kappa shape index (κ3) is 4.96. The summed E-state index contributed by atoms with van der Waals surface area (Å²) in [7, 11) is 0. The van der Waals surface area contributed by atoms with E-state index in [1.165, 1.54) is 11.3 Å². The van der Waals surface area contributed by atoms with Crippen LogP contribution in [0.2, 0.25) is 0 Å². The summed E-state index contributed by atoms with van der Waals surface area (Å²) in [6.45, 7) is 7.23. The minimum Gasteiger partial charge on any atom is -0.324 e. The van der Waals surface area contributed by atoms with Crippen LogP contribution in [0.25, 0.3) is 0 Å². The Kier molecular flexibility index (Phi) is 6.50. The Morgan fingerprint density at radius 1 is 1.00 bits per heavy atom. The number of hydrogen-bond donors (Lipinski definition) is 2. The zero-order valence-corrected chi connectivity index (χ0v) is 19.3. The number of benzene rings is 2. The Morgan fingerprint density at radius 3 is 2.56 bits per heavy atom. The molecule has 1 aliphatic heterocycles. The average molecular weight is 450 g/mol. The zero-order valence-electron chi connectivity index (χ0n) is 18.5. The first-order valence-electron chi connectivity index (χ1n) is 10.7. The molecular formula is C24H27N5O2S. The van der Waals surface area contributed by atoms with Crippen LogP contribution in [0.1, 0.15) is 50.3 Å². The van der Waals surface area contributed by atoms with Gasteiger partial charge in [-0.2, -0.15) is 0 Å². The maximum absolute atomic E-state index is 12.8. The van der Waals surface area contributed by atoms with Gasteiger partial charge in [0.25, 0.3) is 5.91 Å². The molecule has 2 N–H and O–H groups in total. The maximum atomic E-state index is 12.8. The van der Waals surface area contributed by atoms with Gasteiger partial charge in [-0.25, -0.2) is 4.79 Å². The normalized spacial score (nSPS) is 16.0. The molecule has 4 rings (SSSR count). The number of aryl methyl sites for hydroxylation is 3. The molecule has 2 heterocycles. The van der Waals surface area contributed by atoms with Crippen molar-refractivity contribution in [3.63, 3.8) is 0 Å². The van der Waals surface area contributed by atoms with Crippen LogP contribution in [0, 0.1) is 20.8 Å². The number of nitrogens with one attached hydrogen (secondary N) is 2. The van der Waals surface area contributed by atoms with Crippen LogP contribution in [0.4, 0.5) is 16.2 Å². The third-order valence-corrected chi connectivity index (χ3v) is 6.79. The second kappa shape index (κ2) is 9.48. The molecular weight excluding hydrogens is 422 g/mol. The van der Waals surface area contributed by atoms with Crippen LogP contribution >= 0.6 is 11.3 Å². The number of likely N-dealkylation sites (tertiary alicyclic amines) is 1. The summed E-state index contributed by atoms with van der Waals surface area (Å²) in [6.07, 6.45) is 1.80. The number of urea groups is 1. The second-order valence-electron chi connectivity index (χ2n) is 8.25. The highest BCUT2D eigenvalue weighted by Crippen LogP contribution is 2.30. The van der Waals surface area contributed by atoms with Crippen molar-refractivity contribution in [1.82, 2.24) is 15.1 Å². The van der Waals surface area contributed by atoms with E-state index in [0.29, 0.717) is 18.1 Å². The predicted molar refractivity (Wildman–Crippen MR) is 128 cm³/mol. The number of para-hydroxylation sites is 1. The Bertz CT molecular complexity index is 1140. The number of carbonyl (C=O) groups excluding carboxylic acids is 2. The Balaban J connectivity index is 1.40. The number of rotatable bonds is 4. The van der Waals surface area contributed by atoms with E-state index >= 15 is 0 Å². The number of piperidine rings is 1. The first kappa shape index (κ1) is 22.0. The standard InChI is InChI=1S/C24H27N5O2S/c1-15-10-11-20(17(3)13-15)26-24(31)29-12-6-8-18(14-29)22-27-28-23(32-22)21(30)25-19-9-5-4-7-16(19)2/h4-5,7,9-11,13,18H,6,8,12,14H2,1-3H3,(H,25,30)(H,26,31)/t18-/m0/s1. The fourth-order valence-corrected chi connectivity index (χ4v) is 4.76. The zero-order chi connectivity index (χ0) is 22.7. The SMILES string of the molecule is Cc1ccc(NC(=O)N2CCC[C@H](c3nnc(C(=O)Nc4ccccc4C)s3)C2)c(C)c1. The van der Waals surface area contributed by atoms with Gasteiger partial charge in [0.2, 0.25) is 5.01 Å². The first-order valence-corrected chi connectivity index (χ1v) is 11.6. The summed E-state index contributed by atoms with van der Waals surface area (Å²) in [6, 6.07) is 13.5. The molecule has 2 aromatic carbocycles. The fourth-order valence-electron chi connectivity index (χ4n) is 3.89. The van der Waals surface area contributed by atoms with E-state index in [1.54, 1.807) is 0 Å². The largest absolute Gasteiger partial charge is 0.324 e. The van der Waals surface area contributed by atoms with Crippen molar-refractivity contribution >= 4 is 34.6 Å². The summed E-state index contributed by atoms with van der Waals surface area (Å²) in [5.41, 5.74) is 4.79. The number of carbonyl (C=O) groups is 2. The van der Waals surface area contributed by atoms with Gasteiger partial charge in [0.1, 0.15) is 5.01 Å². The number of aromatic nitrogens is 2. The van der Waals surface area contributed by atoms with E-state index in [0.717, 1.165) is 45.9 Å². The minimum atomic E-state index is -0.261. The molecule has 0 bridgehead atoms. The lowest BCUT2D eigenvalue weighted by atomic mass is 9.99. The van der Waals surface area contributed by atoms with Gasteiger partial charge in [-0.3, -0.25) is 4.79 Å². The molecule has 7 nitrogen and oxygen atoms in total. The van der Waals surface area contributed by atoms with Crippen LogP contribution < -0.4 is 10.6 Å². The summed E-state index contributed by atoms with van der Waals surface area (Å²) in [5.74, 6) is -0.186. The van der Waals surface area contributed by atoms with E-state index < -0.39 is 0 Å². The number of nitrogens with zero attached hydrogens (tertiary/aromatic N) is 3. The molecule has 166 valence electrons. The summed E-state index contributed by atoms with van der Waals surface area (Å²) < 4.78 is 0.